The monoisotopic (exact) mass is 498 g/mol. The molecule has 0 aromatic heterocycles. The Balaban J connectivity index is 1.34. The molecule has 0 radical (unpaired) electrons. The summed E-state index contributed by atoms with van der Waals surface area (Å²) in [5.41, 5.74) is 0.891. The number of ether oxygens (including phenoxy) is 1. The minimum Gasteiger partial charge on any atom is -0.406 e. The highest BCUT2D eigenvalue weighted by Gasteiger charge is 2.42. The minimum absolute atomic E-state index is 0.00776. The number of carbonyl (C=O) groups excluding carboxylic acids is 3. The van der Waals surface area contributed by atoms with Crippen LogP contribution in [0.1, 0.15) is 23.5 Å². The quantitative estimate of drug-likeness (QED) is 0.467. The van der Waals surface area contributed by atoms with Crippen LogP contribution in [0.4, 0.5) is 26.7 Å². The zero-order valence-electron chi connectivity index (χ0n) is 17.1. The van der Waals surface area contributed by atoms with Crippen LogP contribution in [0.25, 0.3) is 6.08 Å². The number of benzene rings is 2. The van der Waals surface area contributed by atoms with Crippen LogP contribution in [0.2, 0.25) is 0 Å². The Morgan fingerprint density at radius 3 is 2.47 bits per heavy atom. The van der Waals surface area contributed by atoms with E-state index in [-0.39, 0.29) is 16.9 Å². The summed E-state index contributed by atoms with van der Waals surface area (Å²) in [5.74, 6) is -3.89. The fourth-order valence-electron chi connectivity index (χ4n) is 3.42. The molecule has 1 aliphatic carbocycles. The van der Waals surface area contributed by atoms with Crippen LogP contribution in [-0.2, 0) is 9.59 Å². The van der Waals surface area contributed by atoms with Gasteiger partial charge in [0.15, 0.2) is 11.6 Å². The molecule has 1 heterocycles. The average Bonchev–Trinajstić information content (AvgIpc) is 3.46. The first kappa shape index (κ1) is 23.7. The largest absolute Gasteiger partial charge is 0.573 e. The average molecular weight is 498 g/mol. The molecule has 2 aliphatic rings. The van der Waals surface area contributed by atoms with Gasteiger partial charge >= 0.3 is 6.36 Å². The van der Waals surface area contributed by atoms with Gasteiger partial charge in [0.2, 0.25) is 5.91 Å². The predicted octanol–water partition coefficient (Wildman–Crippen LogP) is 4.57. The summed E-state index contributed by atoms with van der Waals surface area (Å²) in [4.78, 5) is 37.9. The molecular weight excluding hydrogens is 483 g/mol. The summed E-state index contributed by atoms with van der Waals surface area (Å²) in [6, 6.07) is 7.87. The maximum absolute atomic E-state index is 13.4. The summed E-state index contributed by atoms with van der Waals surface area (Å²) in [6.45, 7) is -0.526. The highest BCUT2D eigenvalue weighted by atomic mass is 32.2. The minimum atomic E-state index is -4.83. The Morgan fingerprint density at radius 2 is 1.82 bits per heavy atom. The molecule has 0 bridgehead atoms. The maximum Gasteiger partial charge on any atom is 0.573 e. The molecule has 0 spiro atoms. The van der Waals surface area contributed by atoms with Gasteiger partial charge < -0.3 is 10.1 Å². The van der Waals surface area contributed by atoms with Crippen molar-refractivity contribution in [3.8, 4) is 5.75 Å². The van der Waals surface area contributed by atoms with E-state index in [9.17, 15) is 36.3 Å². The van der Waals surface area contributed by atoms with E-state index < -0.39 is 47.3 Å². The molecule has 2 fully saturated rings. The van der Waals surface area contributed by atoms with E-state index in [0.717, 1.165) is 29.2 Å². The van der Waals surface area contributed by atoms with Crippen LogP contribution in [0.15, 0.2) is 47.4 Å². The highest BCUT2D eigenvalue weighted by Crippen LogP contribution is 2.41. The molecule has 6 nitrogen and oxygen atoms in total. The number of halogens is 5. The van der Waals surface area contributed by atoms with E-state index in [0.29, 0.717) is 29.3 Å². The van der Waals surface area contributed by atoms with E-state index in [4.69, 9.17) is 0 Å². The first-order chi connectivity index (χ1) is 16.0. The van der Waals surface area contributed by atoms with Gasteiger partial charge in [-0.15, -0.1) is 13.2 Å². The molecule has 1 saturated heterocycles. The van der Waals surface area contributed by atoms with E-state index in [1.54, 1.807) is 0 Å². The van der Waals surface area contributed by atoms with E-state index >= 15 is 0 Å². The fourth-order valence-corrected chi connectivity index (χ4v) is 4.25. The number of thioether (sulfide) groups is 1. The van der Waals surface area contributed by atoms with Crippen LogP contribution in [0, 0.1) is 11.6 Å². The normalized spacial score (nSPS) is 21.2. The molecule has 178 valence electrons. The van der Waals surface area contributed by atoms with Crippen LogP contribution in [0.3, 0.4) is 0 Å². The van der Waals surface area contributed by atoms with Crippen LogP contribution in [0.5, 0.6) is 5.75 Å². The summed E-state index contributed by atoms with van der Waals surface area (Å²) in [6.07, 6.45) is -3.01. The molecule has 1 saturated carbocycles. The number of hydrogen-bond acceptors (Lipinski definition) is 5. The number of amides is 3. The van der Waals surface area contributed by atoms with Gasteiger partial charge in [-0.2, -0.15) is 0 Å². The molecule has 12 heteroatoms. The third kappa shape index (κ3) is 5.56. The topological polar surface area (TPSA) is 75.7 Å². The van der Waals surface area contributed by atoms with Crippen LogP contribution < -0.4 is 10.1 Å². The zero-order chi connectivity index (χ0) is 24.6. The van der Waals surface area contributed by atoms with Crippen molar-refractivity contribution in [1.29, 1.82) is 0 Å². The standard InChI is InChI=1S/C22H15F5N2O4S/c23-15-6-3-12(8-16(15)24)14-9-17(14)28-19(30)10-29-20(31)18(34-21(29)32)7-11-1-4-13(5-2-11)33-22(25,26)27/h1-8,14,17H,9-10H2,(H,28,30)/b18-7-/t14-,17+/m0/s1. The van der Waals surface area contributed by atoms with Crippen LogP contribution >= 0.6 is 11.8 Å². The Kier molecular flexibility index (Phi) is 6.34. The van der Waals surface area contributed by atoms with Crippen molar-refractivity contribution in [2.24, 2.45) is 0 Å². The lowest BCUT2D eigenvalue weighted by Gasteiger charge is -2.12. The van der Waals surface area contributed by atoms with E-state index in [2.05, 4.69) is 10.1 Å². The molecule has 1 N–H and O–H groups in total. The Morgan fingerprint density at radius 1 is 1.12 bits per heavy atom. The smallest absolute Gasteiger partial charge is 0.406 e. The fraction of sp³-hybridized carbons (Fsp3) is 0.227. The van der Waals surface area contributed by atoms with Gasteiger partial charge in [-0.25, -0.2) is 8.78 Å². The van der Waals surface area contributed by atoms with Gasteiger partial charge in [-0.3, -0.25) is 19.3 Å². The van der Waals surface area contributed by atoms with Gasteiger partial charge in [0.05, 0.1) is 4.91 Å². The third-order valence-corrected chi connectivity index (χ3v) is 6.00. The number of rotatable bonds is 6. The van der Waals surface area contributed by atoms with Gasteiger partial charge in [0, 0.05) is 12.0 Å². The van der Waals surface area contributed by atoms with E-state index in [1.165, 1.54) is 24.3 Å². The number of hydrogen-bond donors (Lipinski definition) is 1. The summed E-state index contributed by atoms with van der Waals surface area (Å²) >= 11 is 0.598. The third-order valence-electron chi connectivity index (χ3n) is 5.10. The van der Waals surface area contributed by atoms with Crippen molar-refractivity contribution < 1.29 is 41.1 Å². The van der Waals surface area contributed by atoms with Crippen molar-refractivity contribution >= 4 is 34.9 Å². The van der Waals surface area contributed by atoms with Crippen LogP contribution in [-0.4, -0.2) is 40.9 Å². The Hall–Kier alpha value is -3.41. The predicted molar refractivity (Wildman–Crippen MR) is 111 cm³/mol. The Labute approximate surface area is 193 Å². The van der Waals surface area contributed by atoms with Crippen molar-refractivity contribution in [3.63, 3.8) is 0 Å². The van der Waals surface area contributed by atoms with Gasteiger partial charge in [0.1, 0.15) is 12.3 Å². The molecule has 34 heavy (non-hydrogen) atoms. The molecule has 1 aliphatic heterocycles. The van der Waals surface area contributed by atoms with Crippen molar-refractivity contribution in [3.05, 3.63) is 70.1 Å². The van der Waals surface area contributed by atoms with Gasteiger partial charge in [-0.05, 0) is 59.7 Å². The van der Waals surface area contributed by atoms with Crippen molar-refractivity contribution in [2.75, 3.05) is 6.54 Å². The summed E-state index contributed by atoms with van der Waals surface area (Å²) in [7, 11) is 0. The number of imide groups is 1. The SMILES string of the molecule is O=C(CN1C(=O)S/C(=C\c2ccc(OC(F)(F)F)cc2)C1=O)N[C@@H]1C[C@H]1c1ccc(F)c(F)c1. The maximum atomic E-state index is 13.4. The molecule has 3 amide bonds. The second kappa shape index (κ2) is 9.09. The second-order valence-electron chi connectivity index (χ2n) is 7.57. The number of nitrogens with zero attached hydrogens (tertiary/aromatic N) is 1. The number of carbonyl (C=O) groups is 3. The summed E-state index contributed by atoms with van der Waals surface area (Å²) in [5, 5.41) is 1.99. The number of alkyl halides is 3. The zero-order valence-corrected chi connectivity index (χ0v) is 17.9. The molecule has 2 aromatic rings. The molecule has 2 aromatic carbocycles. The lowest BCUT2D eigenvalue weighted by atomic mass is 10.1. The van der Waals surface area contributed by atoms with Gasteiger partial charge in [-0.1, -0.05) is 18.2 Å². The molecule has 4 rings (SSSR count). The second-order valence-corrected chi connectivity index (χ2v) is 8.57. The lowest BCUT2D eigenvalue weighted by Crippen LogP contribution is -2.40. The molecule has 2 atom stereocenters. The first-order valence-electron chi connectivity index (χ1n) is 9.85. The van der Waals surface area contributed by atoms with Crippen molar-refractivity contribution in [1.82, 2.24) is 10.2 Å². The van der Waals surface area contributed by atoms with Crippen molar-refractivity contribution in [2.45, 2.75) is 24.7 Å². The summed E-state index contributed by atoms with van der Waals surface area (Å²) < 4.78 is 67.0. The Bertz CT molecular complexity index is 1180. The highest BCUT2D eigenvalue weighted by molar-refractivity contribution is 8.18. The lowest BCUT2D eigenvalue weighted by molar-refractivity contribution is -0.274. The van der Waals surface area contributed by atoms with E-state index in [1.807, 2.05) is 0 Å². The molecular formula is C22H15F5N2O4S. The molecule has 0 unspecified atom stereocenters. The first-order valence-corrected chi connectivity index (χ1v) is 10.7. The number of nitrogens with one attached hydrogen (secondary N) is 1. The van der Waals surface area contributed by atoms with Gasteiger partial charge in [0.25, 0.3) is 11.1 Å².